The Balaban J connectivity index is 1.50. The maximum atomic E-state index is 12.5. The molecule has 0 saturated heterocycles. The van der Waals surface area contributed by atoms with Crippen LogP contribution in [0.4, 0.5) is 0 Å². The Hall–Kier alpha value is -3.12. The van der Waals surface area contributed by atoms with Crippen molar-refractivity contribution in [1.29, 1.82) is 0 Å². The lowest BCUT2D eigenvalue weighted by Gasteiger charge is -2.06. The number of fused-ring (bicyclic) bond motifs is 1. The Labute approximate surface area is 160 Å². The molecule has 136 valence electrons. The van der Waals surface area contributed by atoms with Gasteiger partial charge in [-0.15, -0.1) is 0 Å². The molecule has 0 aliphatic heterocycles. The summed E-state index contributed by atoms with van der Waals surface area (Å²) in [7, 11) is 0. The fourth-order valence-electron chi connectivity index (χ4n) is 2.91. The third kappa shape index (κ3) is 3.71. The Morgan fingerprint density at radius 3 is 2.81 bits per heavy atom. The van der Waals surface area contributed by atoms with Gasteiger partial charge in [0.1, 0.15) is 11.3 Å². The van der Waals surface area contributed by atoms with Crippen LogP contribution in [-0.2, 0) is 6.42 Å². The number of hydrogen-bond acceptors (Lipinski definition) is 4. The van der Waals surface area contributed by atoms with E-state index < -0.39 is 0 Å². The van der Waals surface area contributed by atoms with Crippen LogP contribution in [0.3, 0.4) is 0 Å². The van der Waals surface area contributed by atoms with E-state index in [1.54, 1.807) is 23.2 Å². The lowest BCUT2D eigenvalue weighted by molar-refractivity contribution is 0.0954. The first-order valence-corrected chi connectivity index (χ1v) is 8.99. The van der Waals surface area contributed by atoms with E-state index in [1.807, 2.05) is 42.5 Å². The molecule has 0 aliphatic rings. The Kier molecular flexibility index (Phi) is 4.89. The molecule has 0 fully saturated rings. The predicted molar refractivity (Wildman–Crippen MR) is 103 cm³/mol. The lowest BCUT2D eigenvalue weighted by Crippen LogP contribution is -2.24. The minimum absolute atomic E-state index is 0.190. The second-order valence-corrected chi connectivity index (χ2v) is 6.51. The van der Waals surface area contributed by atoms with E-state index >= 15 is 0 Å². The van der Waals surface area contributed by atoms with Gasteiger partial charge < -0.3 is 9.73 Å². The fourth-order valence-corrected chi connectivity index (χ4v) is 3.03. The number of benzene rings is 1. The van der Waals surface area contributed by atoms with E-state index in [0.717, 1.165) is 29.9 Å². The van der Waals surface area contributed by atoms with E-state index in [9.17, 15) is 4.79 Å². The molecular formula is C20H17ClN4O2. The van der Waals surface area contributed by atoms with Crippen molar-refractivity contribution in [3.05, 3.63) is 77.5 Å². The van der Waals surface area contributed by atoms with Crippen molar-refractivity contribution in [2.24, 2.45) is 0 Å². The minimum Gasteiger partial charge on any atom is -0.469 e. The van der Waals surface area contributed by atoms with Gasteiger partial charge in [0.2, 0.25) is 0 Å². The van der Waals surface area contributed by atoms with Gasteiger partial charge in [-0.05, 0) is 36.8 Å². The third-order valence-corrected chi connectivity index (χ3v) is 4.50. The zero-order chi connectivity index (χ0) is 18.6. The predicted octanol–water partition coefficient (Wildman–Crippen LogP) is 4.01. The van der Waals surface area contributed by atoms with Crippen molar-refractivity contribution in [2.45, 2.75) is 12.8 Å². The molecule has 0 radical (unpaired) electrons. The van der Waals surface area contributed by atoms with Crippen LogP contribution in [0.5, 0.6) is 0 Å². The van der Waals surface area contributed by atoms with Gasteiger partial charge in [0.25, 0.3) is 5.91 Å². The monoisotopic (exact) mass is 380 g/mol. The summed E-state index contributed by atoms with van der Waals surface area (Å²) in [5, 5.41) is 7.93. The van der Waals surface area contributed by atoms with Crippen LogP contribution >= 0.6 is 11.6 Å². The van der Waals surface area contributed by atoms with Gasteiger partial charge in [-0.2, -0.15) is 5.10 Å². The number of carbonyl (C=O) groups excluding carboxylic acids is 1. The van der Waals surface area contributed by atoms with Crippen LogP contribution in [0, 0.1) is 0 Å². The molecule has 6 nitrogen and oxygen atoms in total. The summed E-state index contributed by atoms with van der Waals surface area (Å²) in [4.78, 5) is 16.9. The van der Waals surface area contributed by atoms with Crippen molar-refractivity contribution >= 4 is 23.2 Å². The van der Waals surface area contributed by atoms with Crippen LogP contribution in [0.15, 0.2) is 65.5 Å². The summed E-state index contributed by atoms with van der Waals surface area (Å²) in [6.45, 7) is 0.549. The number of halogens is 1. The number of nitrogens with zero attached hydrogens (tertiary/aromatic N) is 3. The molecule has 4 aromatic rings. The van der Waals surface area contributed by atoms with Crippen LogP contribution in [0.1, 0.15) is 22.5 Å². The lowest BCUT2D eigenvalue weighted by atomic mass is 10.1. The summed E-state index contributed by atoms with van der Waals surface area (Å²) >= 11 is 5.96. The van der Waals surface area contributed by atoms with E-state index in [2.05, 4.69) is 15.4 Å². The van der Waals surface area contributed by atoms with Crippen LogP contribution < -0.4 is 5.32 Å². The van der Waals surface area contributed by atoms with Crippen molar-refractivity contribution in [3.63, 3.8) is 0 Å². The van der Waals surface area contributed by atoms with Gasteiger partial charge in [-0.3, -0.25) is 4.79 Å². The smallest absolute Gasteiger partial charge is 0.256 e. The van der Waals surface area contributed by atoms with E-state index in [1.165, 1.54) is 0 Å². The average molecular weight is 381 g/mol. The molecule has 7 heteroatoms. The minimum atomic E-state index is -0.190. The molecule has 1 N–H and O–H groups in total. The SMILES string of the molecule is O=C(NCCCc1ccco1)c1cnn2c(-c3ccc(Cl)cc3)ccnc12. The highest BCUT2D eigenvalue weighted by atomic mass is 35.5. The first-order valence-electron chi connectivity index (χ1n) is 8.61. The summed E-state index contributed by atoms with van der Waals surface area (Å²) in [5.41, 5.74) is 2.75. The van der Waals surface area contributed by atoms with Crippen molar-refractivity contribution in [3.8, 4) is 11.3 Å². The second-order valence-electron chi connectivity index (χ2n) is 6.07. The zero-order valence-corrected chi connectivity index (χ0v) is 15.2. The standard InChI is InChI=1S/C20H17ClN4O2/c21-15-7-5-14(6-8-15)18-9-11-22-19-17(13-24-25(18)19)20(26)23-10-1-3-16-4-2-12-27-16/h2,4-9,11-13H,1,3,10H2,(H,23,26). The van der Waals surface area contributed by atoms with Crippen molar-refractivity contribution < 1.29 is 9.21 Å². The van der Waals surface area contributed by atoms with E-state index in [-0.39, 0.29) is 5.91 Å². The molecule has 0 unspecified atom stereocenters. The maximum absolute atomic E-state index is 12.5. The number of nitrogens with one attached hydrogen (secondary N) is 1. The number of furan rings is 1. The topological polar surface area (TPSA) is 72.4 Å². The second kappa shape index (κ2) is 7.63. The number of hydrogen-bond donors (Lipinski definition) is 1. The molecule has 4 rings (SSSR count). The molecule has 0 atom stereocenters. The normalized spacial score (nSPS) is 11.0. The highest BCUT2D eigenvalue weighted by Gasteiger charge is 2.15. The number of carbonyl (C=O) groups is 1. The maximum Gasteiger partial charge on any atom is 0.256 e. The van der Waals surface area contributed by atoms with Crippen LogP contribution in [-0.4, -0.2) is 27.0 Å². The van der Waals surface area contributed by atoms with Gasteiger partial charge in [-0.1, -0.05) is 23.7 Å². The van der Waals surface area contributed by atoms with Gasteiger partial charge in [0.05, 0.1) is 18.2 Å². The average Bonchev–Trinajstić information content (AvgIpc) is 3.35. The summed E-state index contributed by atoms with van der Waals surface area (Å²) < 4.78 is 6.96. The van der Waals surface area contributed by atoms with Gasteiger partial charge in [-0.25, -0.2) is 9.50 Å². The van der Waals surface area contributed by atoms with Gasteiger partial charge in [0, 0.05) is 29.7 Å². The molecule has 0 bridgehead atoms. The number of aryl methyl sites for hydroxylation is 1. The quantitative estimate of drug-likeness (QED) is 0.513. The molecule has 27 heavy (non-hydrogen) atoms. The molecule has 3 aromatic heterocycles. The highest BCUT2D eigenvalue weighted by Crippen LogP contribution is 2.22. The highest BCUT2D eigenvalue weighted by molar-refractivity contribution is 6.30. The van der Waals surface area contributed by atoms with Crippen LogP contribution in [0.25, 0.3) is 16.9 Å². The molecule has 0 saturated carbocycles. The Morgan fingerprint density at radius 1 is 1.19 bits per heavy atom. The first kappa shape index (κ1) is 17.3. The van der Waals surface area contributed by atoms with Crippen molar-refractivity contribution in [2.75, 3.05) is 6.54 Å². The zero-order valence-electron chi connectivity index (χ0n) is 14.4. The summed E-state index contributed by atoms with van der Waals surface area (Å²) in [6.07, 6.45) is 6.44. The summed E-state index contributed by atoms with van der Waals surface area (Å²) in [5.74, 6) is 0.722. The number of rotatable bonds is 6. The largest absolute Gasteiger partial charge is 0.469 e. The molecular weight excluding hydrogens is 364 g/mol. The van der Waals surface area contributed by atoms with Crippen molar-refractivity contribution in [1.82, 2.24) is 19.9 Å². The molecule has 3 heterocycles. The van der Waals surface area contributed by atoms with E-state index in [0.29, 0.717) is 22.8 Å². The number of aromatic nitrogens is 3. The first-order chi connectivity index (χ1) is 13.2. The Morgan fingerprint density at radius 2 is 2.04 bits per heavy atom. The summed E-state index contributed by atoms with van der Waals surface area (Å²) in [6, 6.07) is 13.1. The Bertz CT molecular complexity index is 1060. The molecule has 1 amide bonds. The fraction of sp³-hybridized carbons (Fsp3) is 0.150. The van der Waals surface area contributed by atoms with Crippen LogP contribution in [0.2, 0.25) is 5.02 Å². The molecule has 0 aliphatic carbocycles. The van der Waals surface area contributed by atoms with Gasteiger partial charge >= 0.3 is 0 Å². The van der Waals surface area contributed by atoms with Gasteiger partial charge in [0.15, 0.2) is 5.65 Å². The molecule has 0 spiro atoms. The molecule has 1 aromatic carbocycles. The van der Waals surface area contributed by atoms with E-state index in [4.69, 9.17) is 16.0 Å². The third-order valence-electron chi connectivity index (χ3n) is 4.25. The number of amides is 1.